The average molecular weight is 150 g/mol. The van der Waals surface area contributed by atoms with Crippen LogP contribution in [0, 0.1) is 17.2 Å². The lowest BCUT2D eigenvalue weighted by Crippen LogP contribution is -2.31. The number of nitrogens with zero attached hydrogens (tertiary/aromatic N) is 2. The van der Waals surface area contributed by atoms with Gasteiger partial charge in [-0.15, -0.1) is 0 Å². The Morgan fingerprint density at radius 2 is 2.09 bits per heavy atom. The van der Waals surface area contributed by atoms with Gasteiger partial charge >= 0.3 is 0 Å². The van der Waals surface area contributed by atoms with E-state index in [0.717, 1.165) is 31.6 Å². The van der Waals surface area contributed by atoms with Crippen LogP contribution in [0.2, 0.25) is 0 Å². The average Bonchev–Trinajstić information content (AvgIpc) is 2.05. The number of hydrogen-bond donors (Lipinski definition) is 0. The molecular weight excluding hydrogens is 136 g/mol. The summed E-state index contributed by atoms with van der Waals surface area (Å²) in [7, 11) is 0. The first-order valence-corrected chi connectivity index (χ1v) is 4.04. The summed E-state index contributed by atoms with van der Waals surface area (Å²) in [6.07, 6.45) is 2.01. The summed E-state index contributed by atoms with van der Waals surface area (Å²) in [6.45, 7) is 7.91. The Kier molecular flexibility index (Phi) is 2.53. The third kappa shape index (κ3) is 1.98. The smallest absolute Gasteiger partial charge is 0.0657 e. The monoisotopic (exact) mass is 150 g/mol. The van der Waals surface area contributed by atoms with Crippen LogP contribution in [0.4, 0.5) is 0 Å². The van der Waals surface area contributed by atoms with Crippen LogP contribution >= 0.6 is 0 Å². The molecule has 1 aliphatic rings. The Morgan fingerprint density at radius 3 is 2.45 bits per heavy atom. The lowest BCUT2D eigenvalue weighted by Gasteiger charge is -2.30. The number of nitriles is 1. The molecule has 0 aromatic heterocycles. The van der Waals surface area contributed by atoms with Crippen LogP contribution in [0.1, 0.15) is 19.8 Å². The molecule has 0 atom stereocenters. The van der Waals surface area contributed by atoms with Gasteiger partial charge in [-0.25, -0.2) is 0 Å². The molecule has 1 rings (SSSR count). The predicted molar refractivity (Wildman–Crippen MR) is 44.7 cm³/mol. The Morgan fingerprint density at radius 1 is 1.55 bits per heavy atom. The third-order valence-electron chi connectivity index (χ3n) is 2.22. The van der Waals surface area contributed by atoms with Gasteiger partial charge in [0, 0.05) is 24.7 Å². The van der Waals surface area contributed by atoms with E-state index >= 15 is 0 Å². The summed E-state index contributed by atoms with van der Waals surface area (Å²) in [5.41, 5.74) is 1.13. The molecule has 0 aliphatic carbocycles. The molecule has 1 saturated heterocycles. The van der Waals surface area contributed by atoms with E-state index in [1.165, 1.54) is 0 Å². The molecule has 60 valence electrons. The van der Waals surface area contributed by atoms with Crippen molar-refractivity contribution in [2.24, 2.45) is 5.92 Å². The lowest BCUT2D eigenvalue weighted by molar-refractivity contribution is 0.256. The fourth-order valence-electron chi connectivity index (χ4n) is 1.39. The Hall–Kier alpha value is -0.970. The van der Waals surface area contributed by atoms with Crippen molar-refractivity contribution in [1.82, 2.24) is 4.90 Å². The zero-order chi connectivity index (χ0) is 8.27. The van der Waals surface area contributed by atoms with Crippen molar-refractivity contribution in [2.45, 2.75) is 19.8 Å². The lowest BCUT2D eigenvalue weighted by atomic mass is 9.98. The van der Waals surface area contributed by atoms with Gasteiger partial charge in [-0.3, -0.25) is 0 Å². The molecule has 11 heavy (non-hydrogen) atoms. The van der Waals surface area contributed by atoms with Gasteiger partial charge < -0.3 is 4.90 Å². The highest BCUT2D eigenvalue weighted by Crippen LogP contribution is 2.18. The molecule has 0 N–H and O–H groups in total. The number of hydrogen-bond acceptors (Lipinski definition) is 2. The Labute approximate surface area is 68.1 Å². The van der Waals surface area contributed by atoms with E-state index in [4.69, 9.17) is 5.26 Å². The molecule has 2 nitrogen and oxygen atoms in total. The quantitative estimate of drug-likeness (QED) is 0.569. The van der Waals surface area contributed by atoms with Gasteiger partial charge in [0.05, 0.1) is 6.07 Å². The number of piperidine rings is 1. The van der Waals surface area contributed by atoms with E-state index < -0.39 is 0 Å². The molecule has 0 radical (unpaired) electrons. The molecule has 0 saturated carbocycles. The van der Waals surface area contributed by atoms with Crippen LogP contribution in [-0.2, 0) is 0 Å². The van der Waals surface area contributed by atoms with Crippen molar-refractivity contribution in [3.05, 3.63) is 12.3 Å². The van der Waals surface area contributed by atoms with E-state index in [0.29, 0.717) is 0 Å². The summed E-state index contributed by atoms with van der Waals surface area (Å²) < 4.78 is 0. The van der Waals surface area contributed by atoms with Crippen LogP contribution in [-0.4, -0.2) is 18.0 Å². The van der Waals surface area contributed by atoms with Crippen LogP contribution in [0.3, 0.4) is 0 Å². The fourth-order valence-corrected chi connectivity index (χ4v) is 1.39. The van der Waals surface area contributed by atoms with Gasteiger partial charge in [-0.2, -0.15) is 5.26 Å². The molecule has 1 fully saturated rings. The fraction of sp³-hybridized carbons (Fsp3) is 0.667. The normalized spacial score (nSPS) is 19.5. The van der Waals surface area contributed by atoms with Crippen molar-refractivity contribution in [1.29, 1.82) is 5.26 Å². The maximum absolute atomic E-state index is 8.62. The van der Waals surface area contributed by atoms with Gasteiger partial charge in [-0.1, -0.05) is 6.58 Å². The van der Waals surface area contributed by atoms with Crippen LogP contribution in [0.5, 0.6) is 0 Å². The molecule has 0 spiro atoms. The van der Waals surface area contributed by atoms with Crippen molar-refractivity contribution in [3.8, 4) is 6.07 Å². The first kappa shape index (κ1) is 8.13. The summed E-state index contributed by atoms with van der Waals surface area (Å²) in [5.74, 6) is 0.283. The zero-order valence-corrected chi connectivity index (χ0v) is 7.01. The summed E-state index contributed by atoms with van der Waals surface area (Å²) in [5, 5.41) is 8.62. The van der Waals surface area contributed by atoms with Gasteiger partial charge in [-0.05, 0) is 19.8 Å². The minimum Gasteiger partial charge on any atom is -0.375 e. The van der Waals surface area contributed by atoms with Crippen molar-refractivity contribution in [3.63, 3.8) is 0 Å². The van der Waals surface area contributed by atoms with Crippen molar-refractivity contribution >= 4 is 0 Å². The molecule has 2 heteroatoms. The van der Waals surface area contributed by atoms with E-state index in [1.54, 1.807) is 0 Å². The highest BCUT2D eigenvalue weighted by molar-refractivity contribution is 4.95. The van der Waals surface area contributed by atoms with E-state index in [1.807, 2.05) is 6.92 Å². The first-order chi connectivity index (χ1) is 5.24. The largest absolute Gasteiger partial charge is 0.375 e. The molecular formula is C9H14N2. The summed E-state index contributed by atoms with van der Waals surface area (Å²) in [4.78, 5) is 2.24. The zero-order valence-electron chi connectivity index (χ0n) is 7.01. The first-order valence-electron chi connectivity index (χ1n) is 4.04. The van der Waals surface area contributed by atoms with Gasteiger partial charge in [0.1, 0.15) is 0 Å². The third-order valence-corrected chi connectivity index (χ3v) is 2.22. The van der Waals surface area contributed by atoms with Crippen molar-refractivity contribution < 1.29 is 0 Å². The number of rotatable bonds is 1. The maximum atomic E-state index is 8.62. The second kappa shape index (κ2) is 3.43. The van der Waals surface area contributed by atoms with Crippen LogP contribution < -0.4 is 0 Å². The van der Waals surface area contributed by atoms with Gasteiger partial charge in [0.2, 0.25) is 0 Å². The SMILES string of the molecule is C=C(C)N1CCC(C#N)CC1. The molecule has 0 amide bonds. The van der Waals surface area contributed by atoms with E-state index in [-0.39, 0.29) is 5.92 Å². The van der Waals surface area contributed by atoms with Gasteiger partial charge in [0.15, 0.2) is 0 Å². The standard InChI is InChI=1S/C9H14N2/c1-8(2)11-5-3-9(7-10)4-6-11/h9H,1,3-6H2,2H3. The molecule has 0 aromatic carbocycles. The predicted octanol–water partition coefficient (Wildman–Crippen LogP) is 1.76. The minimum atomic E-state index is 0.283. The molecule has 1 heterocycles. The highest BCUT2D eigenvalue weighted by atomic mass is 15.1. The minimum absolute atomic E-state index is 0.283. The topological polar surface area (TPSA) is 27.0 Å². The van der Waals surface area contributed by atoms with Gasteiger partial charge in [0.25, 0.3) is 0 Å². The number of likely N-dealkylation sites (tertiary alicyclic amines) is 1. The highest BCUT2D eigenvalue weighted by Gasteiger charge is 2.17. The Balaban J connectivity index is 2.37. The molecule has 1 aliphatic heterocycles. The summed E-state index contributed by atoms with van der Waals surface area (Å²) >= 11 is 0. The van der Waals surface area contributed by atoms with E-state index in [2.05, 4.69) is 17.5 Å². The van der Waals surface area contributed by atoms with Crippen LogP contribution in [0.25, 0.3) is 0 Å². The van der Waals surface area contributed by atoms with Crippen LogP contribution in [0.15, 0.2) is 12.3 Å². The molecule has 0 aromatic rings. The van der Waals surface area contributed by atoms with E-state index in [9.17, 15) is 0 Å². The number of allylic oxidation sites excluding steroid dienone is 1. The molecule has 0 unspecified atom stereocenters. The maximum Gasteiger partial charge on any atom is 0.0657 e. The summed E-state index contributed by atoms with van der Waals surface area (Å²) in [6, 6.07) is 2.31. The second-order valence-corrected chi connectivity index (χ2v) is 3.13. The van der Waals surface area contributed by atoms with Crippen molar-refractivity contribution in [2.75, 3.05) is 13.1 Å². The Bertz CT molecular complexity index is 182. The molecule has 0 bridgehead atoms. The second-order valence-electron chi connectivity index (χ2n) is 3.13.